The molecule has 0 radical (unpaired) electrons. The Morgan fingerprint density at radius 3 is 1.03 bits per heavy atom. The van der Waals surface area contributed by atoms with Crippen molar-refractivity contribution >= 4 is 47.5 Å². The van der Waals surface area contributed by atoms with Gasteiger partial charge in [-0.15, -0.1) is 0 Å². The minimum Gasteiger partial charge on any atom is -0.451 e. The van der Waals surface area contributed by atoms with Crippen molar-refractivity contribution in [2.45, 2.75) is 170 Å². The summed E-state index contributed by atoms with van der Waals surface area (Å²) in [4.78, 5) is 122. The average Bonchev–Trinajstić information content (AvgIpc) is 3.32. The molecule has 1 heterocycles. The zero-order valence-electron chi connectivity index (χ0n) is 44.9. The van der Waals surface area contributed by atoms with E-state index in [1.54, 1.807) is 102 Å². The third-order valence-corrected chi connectivity index (χ3v) is 12.9. The molecule has 16 heteroatoms. The van der Waals surface area contributed by atoms with Crippen LogP contribution in [0.2, 0.25) is 0 Å². The first-order valence-corrected chi connectivity index (χ1v) is 25.3. The van der Waals surface area contributed by atoms with Gasteiger partial charge in [-0.2, -0.15) is 0 Å². The van der Waals surface area contributed by atoms with Gasteiger partial charge in [-0.3, -0.25) is 19.2 Å². The first-order chi connectivity index (χ1) is 33.3. The maximum absolute atomic E-state index is 14.8. The number of esters is 4. The van der Waals surface area contributed by atoms with Crippen LogP contribution in [0.4, 0.5) is 0 Å². The number of hydrogen-bond donors (Lipinski definition) is 0. The molecule has 8 unspecified atom stereocenters. The summed E-state index contributed by atoms with van der Waals surface area (Å²) in [7, 11) is 5.64. The van der Waals surface area contributed by atoms with Gasteiger partial charge in [0.2, 0.25) is 0 Å². The third-order valence-electron chi connectivity index (χ3n) is 12.9. The van der Waals surface area contributed by atoms with Gasteiger partial charge in [-0.25, -0.2) is 19.2 Å². The van der Waals surface area contributed by atoms with Crippen molar-refractivity contribution in [1.29, 1.82) is 0 Å². The Hall–Kier alpha value is -5.80. The molecule has 0 spiro atoms. The Morgan fingerprint density at radius 2 is 0.718 bits per heavy atom. The molecule has 394 valence electrons. The van der Waals surface area contributed by atoms with Crippen molar-refractivity contribution < 1.29 is 57.3 Å². The number of benzene rings is 2. The Bertz CT molecular complexity index is 2040. The smallest absolute Gasteiger partial charge is 0.329 e. The molecule has 71 heavy (non-hydrogen) atoms. The number of ether oxygens (including phenoxy) is 4. The molecule has 1 saturated heterocycles. The van der Waals surface area contributed by atoms with Crippen molar-refractivity contribution in [3.05, 3.63) is 71.8 Å². The summed E-state index contributed by atoms with van der Waals surface area (Å²) in [5.74, 6) is -8.57. The van der Waals surface area contributed by atoms with E-state index < -0.39 is 114 Å². The average molecular weight is 991 g/mol. The number of carbonyl (C=O) groups is 8. The van der Waals surface area contributed by atoms with Crippen LogP contribution in [0, 0.1) is 29.6 Å². The summed E-state index contributed by atoms with van der Waals surface area (Å²) >= 11 is 0. The van der Waals surface area contributed by atoms with Crippen LogP contribution in [0.5, 0.6) is 0 Å². The molecule has 3 rings (SSSR count). The van der Waals surface area contributed by atoms with Crippen LogP contribution in [0.3, 0.4) is 0 Å². The molecule has 0 N–H and O–H groups in total. The Balaban J connectivity index is 2.34. The molecular formula is C55H82N4O12. The highest BCUT2D eigenvalue weighted by molar-refractivity contribution is 5.94. The SMILES string of the molecule is CCCCC1OC(=O)C(CC(C)C)N(C)C(=O)C(C(C)C)OC(=O)C(Cc2ccccc2)N(C)C(=O)C(C(C)C)OC(=O)C(Cc2ccccc2)N(C)C(=O)C(C(C)C)OC(=O)C(CC(C)C)N(C)C1=O. The summed E-state index contributed by atoms with van der Waals surface area (Å²) in [5.41, 5.74) is 1.34. The maximum Gasteiger partial charge on any atom is 0.329 e. The number of cyclic esters (lactones) is 4. The largest absolute Gasteiger partial charge is 0.451 e. The van der Waals surface area contributed by atoms with Crippen LogP contribution >= 0.6 is 0 Å². The van der Waals surface area contributed by atoms with E-state index in [1.807, 2.05) is 34.6 Å². The lowest BCUT2D eigenvalue weighted by Crippen LogP contribution is -2.56. The zero-order valence-corrected chi connectivity index (χ0v) is 44.9. The molecule has 16 nitrogen and oxygen atoms in total. The molecule has 1 aliphatic heterocycles. The number of unbranched alkanes of at least 4 members (excludes halogenated alkanes) is 1. The second kappa shape index (κ2) is 27.7. The van der Waals surface area contributed by atoms with Crippen LogP contribution in [0.15, 0.2) is 60.7 Å². The quantitative estimate of drug-likeness (QED) is 0.144. The van der Waals surface area contributed by atoms with E-state index in [9.17, 15) is 38.4 Å². The fourth-order valence-corrected chi connectivity index (χ4v) is 8.46. The molecular weight excluding hydrogens is 909 g/mol. The molecule has 2 aromatic rings. The molecule has 0 bridgehead atoms. The van der Waals surface area contributed by atoms with E-state index in [0.717, 1.165) is 9.80 Å². The first-order valence-electron chi connectivity index (χ1n) is 25.3. The van der Waals surface area contributed by atoms with E-state index in [2.05, 4.69) is 0 Å². The van der Waals surface area contributed by atoms with Gasteiger partial charge in [0.25, 0.3) is 23.6 Å². The van der Waals surface area contributed by atoms with E-state index >= 15 is 0 Å². The minimum atomic E-state index is -1.47. The van der Waals surface area contributed by atoms with Gasteiger partial charge in [0.15, 0.2) is 24.4 Å². The van der Waals surface area contributed by atoms with Crippen LogP contribution in [0.25, 0.3) is 0 Å². The number of nitrogens with zero attached hydrogens (tertiary/aromatic N) is 4. The van der Waals surface area contributed by atoms with E-state index in [-0.39, 0.29) is 43.9 Å². The number of amides is 4. The minimum absolute atomic E-state index is 0.0410. The van der Waals surface area contributed by atoms with E-state index in [0.29, 0.717) is 24.0 Å². The van der Waals surface area contributed by atoms with Crippen LogP contribution < -0.4 is 0 Å². The fourth-order valence-electron chi connectivity index (χ4n) is 8.46. The van der Waals surface area contributed by atoms with Gasteiger partial charge in [0, 0.05) is 41.0 Å². The van der Waals surface area contributed by atoms with E-state index in [1.165, 1.54) is 38.0 Å². The number of rotatable bonds is 14. The molecule has 8 atom stereocenters. The molecule has 4 amide bonds. The van der Waals surface area contributed by atoms with Crippen LogP contribution in [0.1, 0.15) is 119 Å². The highest BCUT2D eigenvalue weighted by Crippen LogP contribution is 2.26. The van der Waals surface area contributed by atoms with Gasteiger partial charge in [-0.05, 0) is 66.4 Å². The Kier molecular flexibility index (Phi) is 23.2. The monoisotopic (exact) mass is 991 g/mol. The number of likely N-dealkylation sites (N-methyl/N-ethyl adjacent to an activating group) is 4. The zero-order chi connectivity index (χ0) is 53.4. The summed E-state index contributed by atoms with van der Waals surface area (Å²) in [6.45, 7) is 19.5. The van der Waals surface area contributed by atoms with Gasteiger partial charge < -0.3 is 38.5 Å². The van der Waals surface area contributed by atoms with Crippen molar-refractivity contribution in [2.75, 3.05) is 28.2 Å². The molecule has 0 aromatic heterocycles. The van der Waals surface area contributed by atoms with Crippen LogP contribution in [-0.2, 0) is 70.1 Å². The highest BCUT2D eigenvalue weighted by Gasteiger charge is 2.45. The second-order valence-electron chi connectivity index (χ2n) is 20.9. The molecule has 0 saturated carbocycles. The number of carbonyl (C=O) groups excluding carboxylic acids is 8. The van der Waals surface area contributed by atoms with E-state index in [4.69, 9.17) is 18.9 Å². The first kappa shape index (κ1) is 59.5. The van der Waals surface area contributed by atoms with Gasteiger partial charge in [-0.1, -0.05) is 143 Å². The molecule has 2 aromatic carbocycles. The summed E-state index contributed by atoms with van der Waals surface area (Å²) in [5, 5.41) is 0. The van der Waals surface area contributed by atoms with Gasteiger partial charge in [0.05, 0.1) is 0 Å². The molecule has 0 aliphatic carbocycles. The van der Waals surface area contributed by atoms with Crippen molar-refractivity contribution in [2.24, 2.45) is 29.6 Å². The molecule has 1 aliphatic rings. The Morgan fingerprint density at radius 1 is 0.423 bits per heavy atom. The second-order valence-corrected chi connectivity index (χ2v) is 20.9. The van der Waals surface area contributed by atoms with Crippen LogP contribution in [-0.4, -0.2) is 144 Å². The summed E-state index contributed by atoms with van der Waals surface area (Å²) in [6.07, 6.45) is -4.30. The lowest BCUT2D eigenvalue weighted by atomic mass is 9.99. The van der Waals surface area contributed by atoms with Crippen molar-refractivity contribution in [3.8, 4) is 0 Å². The predicted octanol–water partition coefficient (Wildman–Crippen LogP) is 6.69. The van der Waals surface area contributed by atoms with Crippen molar-refractivity contribution in [3.63, 3.8) is 0 Å². The normalized spacial score (nSPS) is 24.7. The fraction of sp³-hybridized carbons (Fsp3) is 0.636. The summed E-state index contributed by atoms with van der Waals surface area (Å²) in [6, 6.07) is 12.7. The molecule has 1 fully saturated rings. The van der Waals surface area contributed by atoms with Crippen molar-refractivity contribution in [1.82, 2.24) is 19.6 Å². The summed E-state index contributed by atoms with van der Waals surface area (Å²) < 4.78 is 24.4. The number of hydrogen-bond acceptors (Lipinski definition) is 12. The highest BCUT2D eigenvalue weighted by atomic mass is 16.6. The lowest BCUT2D eigenvalue weighted by molar-refractivity contribution is -0.179. The topological polar surface area (TPSA) is 186 Å². The maximum atomic E-state index is 14.8. The van der Waals surface area contributed by atoms with Gasteiger partial charge >= 0.3 is 23.9 Å². The predicted molar refractivity (Wildman–Crippen MR) is 269 cm³/mol. The standard InChI is InChI=1S/C55H82N4O12/c1-16-17-28-44-48(60)56(12)41(30-34(4)5)53(65)69-46(36(8)9)50(62)58(14)43(32-39-26-22-19-23-27-39)55(67)71-47(37(10)11)51(63)59(15)42(31-38-24-20-18-21-25-38)54(66)70-45(35(6)7)49(61)57(13)40(29-33(2)3)52(64)68-44/h18-27,33-37,40-47H,16-17,28-32H2,1-15H3. The lowest BCUT2D eigenvalue weighted by Gasteiger charge is -2.37. The Labute approximate surface area is 422 Å². The van der Waals surface area contributed by atoms with Gasteiger partial charge in [0.1, 0.15) is 24.2 Å². The third kappa shape index (κ3) is 16.6.